The molecule has 0 aromatic heterocycles. The van der Waals surface area contributed by atoms with Gasteiger partial charge in [-0.2, -0.15) is 11.8 Å². The summed E-state index contributed by atoms with van der Waals surface area (Å²) in [5, 5.41) is 0. The van der Waals surface area contributed by atoms with E-state index in [2.05, 4.69) is 0 Å². The zero-order chi connectivity index (χ0) is 12.3. The van der Waals surface area contributed by atoms with Crippen LogP contribution in [0.5, 0.6) is 11.5 Å². The van der Waals surface area contributed by atoms with Crippen LogP contribution in [0.4, 0.5) is 12.9 Å². The highest BCUT2D eigenvalue weighted by Gasteiger charge is 2.23. The van der Waals surface area contributed by atoms with Gasteiger partial charge in [0.05, 0.1) is 13.2 Å². The van der Waals surface area contributed by atoms with Crippen LogP contribution >= 0.6 is 11.8 Å². The van der Waals surface area contributed by atoms with Crippen LogP contribution in [0.25, 0.3) is 0 Å². The lowest BCUT2D eigenvalue weighted by atomic mass is 9.98. The van der Waals surface area contributed by atoms with E-state index in [0.29, 0.717) is 29.6 Å². The number of hydrogen-bond donors (Lipinski definition) is 0. The number of rotatable bonds is 3. The second kappa shape index (κ2) is 5.12. The van der Waals surface area contributed by atoms with E-state index in [1.807, 2.05) is 0 Å². The zero-order valence-corrected chi connectivity index (χ0v) is 9.81. The summed E-state index contributed by atoms with van der Waals surface area (Å²) in [7, 11) is 0. The van der Waals surface area contributed by atoms with Crippen LogP contribution in [-0.2, 0) is 0 Å². The first kappa shape index (κ1) is 12.5. The van der Waals surface area contributed by atoms with Gasteiger partial charge in [0, 0.05) is 11.3 Å². The lowest BCUT2D eigenvalue weighted by molar-refractivity contribution is 0.297. The predicted molar refractivity (Wildman–Crippen MR) is 61.9 cm³/mol. The Morgan fingerprint density at radius 1 is 1.12 bits per heavy atom. The molecule has 0 radical (unpaired) electrons. The Kier molecular flexibility index (Phi) is 3.76. The molecule has 1 aliphatic heterocycles. The first-order valence-corrected chi connectivity index (χ1v) is 6.26. The van der Waals surface area contributed by atoms with Crippen molar-refractivity contribution in [3.05, 3.63) is 18.2 Å². The summed E-state index contributed by atoms with van der Waals surface area (Å²) in [5.74, 6) is 1.13. The molecule has 1 aliphatic rings. The van der Waals surface area contributed by atoms with Gasteiger partial charge >= 0.3 is 6.98 Å². The topological polar surface area (TPSA) is 18.5 Å². The van der Waals surface area contributed by atoms with Crippen molar-refractivity contribution in [2.45, 2.75) is 11.3 Å². The van der Waals surface area contributed by atoms with Crippen LogP contribution in [0, 0.1) is 0 Å². The largest absolute Gasteiger partial charge is 0.490 e. The Morgan fingerprint density at radius 2 is 1.82 bits per heavy atom. The fraction of sp³-hybridized carbons (Fsp3) is 0.400. The van der Waals surface area contributed by atoms with E-state index in [-0.39, 0.29) is 0 Å². The Bertz CT molecular complexity index is 398. The van der Waals surface area contributed by atoms with Gasteiger partial charge in [0.25, 0.3) is 0 Å². The second-order valence-corrected chi connectivity index (χ2v) is 4.77. The summed E-state index contributed by atoms with van der Waals surface area (Å²) in [4.78, 5) is 0.549. The van der Waals surface area contributed by atoms with Crippen molar-refractivity contribution < 1.29 is 22.4 Å². The van der Waals surface area contributed by atoms with Crippen molar-refractivity contribution in [1.82, 2.24) is 0 Å². The van der Waals surface area contributed by atoms with E-state index in [4.69, 9.17) is 9.47 Å². The third-order valence-electron chi connectivity index (χ3n) is 2.16. The molecule has 7 heteroatoms. The third-order valence-corrected chi connectivity index (χ3v) is 3.29. The molecule has 0 saturated heterocycles. The van der Waals surface area contributed by atoms with Gasteiger partial charge < -0.3 is 22.4 Å². The summed E-state index contributed by atoms with van der Waals surface area (Å²) >= 11 is 0.774. The predicted octanol–water partition coefficient (Wildman–Crippen LogP) is 3.33. The Labute approximate surface area is 102 Å². The van der Waals surface area contributed by atoms with E-state index in [1.165, 1.54) is 0 Å². The van der Waals surface area contributed by atoms with Crippen LogP contribution in [0.3, 0.4) is 0 Å². The Morgan fingerprint density at radius 3 is 2.53 bits per heavy atom. The van der Waals surface area contributed by atoms with Crippen molar-refractivity contribution in [2.24, 2.45) is 0 Å². The minimum absolute atomic E-state index is 0.530. The van der Waals surface area contributed by atoms with Crippen LogP contribution in [0.15, 0.2) is 23.1 Å². The Hall–Kier alpha value is -0.975. The van der Waals surface area contributed by atoms with Gasteiger partial charge in [0.15, 0.2) is 11.5 Å². The number of fused-ring (bicyclic) bond motifs is 1. The maximum absolute atomic E-state index is 12.1. The molecule has 0 atom stereocenters. The summed E-state index contributed by atoms with van der Waals surface area (Å²) < 4.78 is 47.2. The van der Waals surface area contributed by atoms with Gasteiger partial charge in [-0.3, -0.25) is 0 Å². The molecule has 1 aromatic carbocycles. The van der Waals surface area contributed by atoms with Crippen molar-refractivity contribution in [3.8, 4) is 11.5 Å². The highest BCUT2D eigenvalue weighted by Crippen LogP contribution is 2.34. The lowest BCUT2D eigenvalue weighted by Gasteiger charge is -2.14. The molecule has 1 heterocycles. The molecular weight excluding hydrogens is 252 g/mol. The fourth-order valence-electron chi connectivity index (χ4n) is 1.42. The molecule has 0 saturated carbocycles. The number of benzene rings is 1. The molecule has 0 fully saturated rings. The van der Waals surface area contributed by atoms with E-state index in [1.54, 1.807) is 18.2 Å². The van der Waals surface area contributed by atoms with Gasteiger partial charge in [-0.1, -0.05) is 0 Å². The molecule has 2 rings (SSSR count). The van der Waals surface area contributed by atoms with Crippen LogP contribution < -0.4 is 9.47 Å². The SMILES string of the molecule is F[B-](F)(F)CSc1ccc2c(c1)OCCCO2. The highest BCUT2D eigenvalue weighted by atomic mass is 32.2. The van der Waals surface area contributed by atoms with Gasteiger partial charge in [-0.25, -0.2) is 0 Å². The average molecular weight is 263 g/mol. The molecule has 0 amide bonds. The maximum atomic E-state index is 12.1. The van der Waals surface area contributed by atoms with Crippen molar-refractivity contribution in [2.75, 3.05) is 18.9 Å². The van der Waals surface area contributed by atoms with Gasteiger partial charge in [0.1, 0.15) is 0 Å². The summed E-state index contributed by atoms with van der Waals surface area (Å²) in [5.41, 5.74) is -0.834. The van der Waals surface area contributed by atoms with E-state index < -0.39 is 12.6 Å². The Balaban J connectivity index is 2.07. The van der Waals surface area contributed by atoms with Crippen LogP contribution in [-0.4, -0.2) is 25.8 Å². The lowest BCUT2D eigenvalue weighted by Crippen LogP contribution is -2.18. The maximum Gasteiger partial charge on any atom is 0.488 e. The van der Waals surface area contributed by atoms with Crippen LogP contribution in [0.2, 0.25) is 0 Å². The average Bonchev–Trinajstić information content (AvgIpc) is 2.49. The molecular formula is C10H11BF3O2S-. The molecule has 1 aromatic rings. The zero-order valence-electron chi connectivity index (χ0n) is 9.00. The monoisotopic (exact) mass is 263 g/mol. The number of halogens is 3. The summed E-state index contributed by atoms with van der Waals surface area (Å²) in [6, 6.07) is 4.89. The molecule has 0 spiro atoms. The molecule has 0 N–H and O–H groups in total. The highest BCUT2D eigenvalue weighted by molar-refractivity contribution is 8.00. The fourth-order valence-corrected chi connectivity index (χ4v) is 2.16. The third kappa shape index (κ3) is 3.76. The normalized spacial score (nSPS) is 15.5. The smallest absolute Gasteiger partial charge is 0.488 e. The van der Waals surface area contributed by atoms with Gasteiger partial charge in [-0.05, 0) is 23.9 Å². The molecule has 0 aliphatic carbocycles. The molecule has 2 nitrogen and oxygen atoms in total. The number of ether oxygens (including phenoxy) is 2. The number of hydrogen-bond acceptors (Lipinski definition) is 3. The summed E-state index contributed by atoms with van der Waals surface area (Å²) in [6.07, 6.45) is 0.781. The second-order valence-electron chi connectivity index (χ2n) is 3.68. The van der Waals surface area contributed by atoms with Crippen LogP contribution in [0.1, 0.15) is 6.42 Å². The van der Waals surface area contributed by atoms with E-state index in [9.17, 15) is 12.9 Å². The van der Waals surface area contributed by atoms with Gasteiger partial charge in [0.2, 0.25) is 0 Å². The molecule has 94 valence electrons. The van der Waals surface area contributed by atoms with Crippen molar-refractivity contribution in [3.63, 3.8) is 0 Å². The minimum Gasteiger partial charge on any atom is -0.490 e. The first-order valence-electron chi connectivity index (χ1n) is 5.28. The molecule has 17 heavy (non-hydrogen) atoms. The molecule has 0 unspecified atom stereocenters. The van der Waals surface area contributed by atoms with Gasteiger partial charge in [-0.15, -0.1) is 0 Å². The summed E-state index contributed by atoms with van der Waals surface area (Å²) in [6.45, 7) is -3.65. The first-order chi connectivity index (χ1) is 8.04. The molecule has 0 bridgehead atoms. The standard InChI is InChI=1S/C10H11BF3O2S/c12-11(13,14)7-17-8-2-3-9-10(6-8)16-5-1-4-15-9/h2-3,6H,1,4-5,7H2/q-1. The number of thioether (sulfide) groups is 1. The van der Waals surface area contributed by atoms with Crippen molar-refractivity contribution in [1.29, 1.82) is 0 Å². The van der Waals surface area contributed by atoms with E-state index >= 15 is 0 Å². The minimum atomic E-state index is -4.76. The van der Waals surface area contributed by atoms with Crippen molar-refractivity contribution >= 4 is 18.7 Å². The quantitative estimate of drug-likeness (QED) is 0.615. The van der Waals surface area contributed by atoms with E-state index in [0.717, 1.165) is 18.2 Å².